The van der Waals surface area contributed by atoms with Gasteiger partial charge in [-0.2, -0.15) is 0 Å². The van der Waals surface area contributed by atoms with Crippen LogP contribution in [0.4, 0.5) is 0 Å². The van der Waals surface area contributed by atoms with Crippen LogP contribution < -0.4 is 0 Å². The molecular weight excluding hydrogens is 949 g/mol. The van der Waals surface area contributed by atoms with Gasteiger partial charge < -0.3 is 39.0 Å². The number of hydrogen-bond acceptors (Lipinski definition) is 11. The number of carbonyl (C=O) groups excluding carboxylic acids is 3. The number of carboxylic acid groups (broad SMARTS) is 1. The summed E-state index contributed by atoms with van der Waals surface area (Å²) >= 11 is 0. The number of aliphatic hydroxyl groups excluding tert-OH is 2. The highest BCUT2D eigenvalue weighted by molar-refractivity contribution is 5.74. The van der Waals surface area contributed by atoms with E-state index in [0.29, 0.717) is 19.3 Å². The lowest BCUT2D eigenvalue weighted by Crippen LogP contribution is -2.61. The zero-order chi connectivity index (χ0) is 54.7. The van der Waals surface area contributed by atoms with Crippen molar-refractivity contribution in [2.75, 3.05) is 13.2 Å². The quantitative estimate of drug-likeness (QED) is 0.0228. The molecule has 0 aromatic rings. The van der Waals surface area contributed by atoms with Crippen LogP contribution in [0.3, 0.4) is 0 Å². The van der Waals surface area contributed by atoms with Gasteiger partial charge in [-0.25, -0.2) is 4.79 Å². The van der Waals surface area contributed by atoms with Crippen molar-refractivity contribution in [3.63, 3.8) is 0 Å². The number of allylic oxidation sites excluding steroid dienone is 8. The van der Waals surface area contributed by atoms with E-state index in [0.717, 1.165) is 116 Å². The van der Waals surface area contributed by atoms with Crippen molar-refractivity contribution in [3.8, 4) is 0 Å². The van der Waals surface area contributed by atoms with Crippen molar-refractivity contribution < 1.29 is 58.2 Å². The molecule has 0 spiro atoms. The van der Waals surface area contributed by atoms with E-state index in [9.17, 15) is 34.5 Å². The first-order valence-corrected chi connectivity index (χ1v) is 30.6. The Balaban J connectivity index is 2.68. The largest absolute Gasteiger partial charge is 0.479 e. The number of unbranched alkanes of at least 4 members (excludes halogenated alkanes) is 30. The molecule has 1 saturated heterocycles. The third-order valence-electron chi connectivity index (χ3n) is 13.8. The first-order valence-electron chi connectivity index (χ1n) is 30.6. The Morgan fingerprint density at radius 3 is 1.25 bits per heavy atom. The molecule has 0 bridgehead atoms. The number of esters is 3. The number of carboxylic acids is 1. The molecule has 12 nitrogen and oxygen atoms in total. The van der Waals surface area contributed by atoms with Crippen LogP contribution in [0.5, 0.6) is 0 Å². The van der Waals surface area contributed by atoms with Crippen LogP contribution in [-0.4, -0.2) is 89.2 Å². The summed E-state index contributed by atoms with van der Waals surface area (Å²) in [6.07, 6.45) is 49.3. The van der Waals surface area contributed by atoms with E-state index in [4.69, 9.17) is 23.7 Å². The molecular formula is C63H110O12. The van der Waals surface area contributed by atoms with Crippen LogP contribution in [-0.2, 0) is 42.9 Å². The molecule has 1 aliphatic rings. The van der Waals surface area contributed by atoms with E-state index in [2.05, 4.69) is 69.4 Å². The van der Waals surface area contributed by atoms with Crippen molar-refractivity contribution in [2.24, 2.45) is 0 Å². The minimum Gasteiger partial charge on any atom is -0.479 e. The number of hydrogen-bond donors (Lipinski definition) is 3. The van der Waals surface area contributed by atoms with Crippen LogP contribution in [0.1, 0.15) is 278 Å². The van der Waals surface area contributed by atoms with Gasteiger partial charge in [-0.1, -0.05) is 204 Å². The number of aliphatic hydroxyl groups is 2. The van der Waals surface area contributed by atoms with Gasteiger partial charge in [-0.3, -0.25) is 14.4 Å². The Morgan fingerprint density at radius 2 is 0.800 bits per heavy atom. The van der Waals surface area contributed by atoms with Crippen molar-refractivity contribution >= 4 is 23.9 Å². The molecule has 12 heteroatoms. The predicted molar refractivity (Wildman–Crippen MR) is 303 cm³/mol. The van der Waals surface area contributed by atoms with Gasteiger partial charge in [0.15, 0.2) is 24.6 Å². The number of aliphatic carboxylic acids is 1. The van der Waals surface area contributed by atoms with Crippen molar-refractivity contribution in [3.05, 3.63) is 48.6 Å². The van der Waals surface area contributed by atoms with E-state index in [1.165, 1.54) is 103 Å². The minimum absolute atomic E-state index is 0.0502. The molecule has 6 atom stereocenters. The Bertz CT molecular complexity index is 1490. The highest BCUT2D eigenvalue weighted by Gasteiger charge is 2.50. The molecule has 6 unspecified atom stereocenters. The average Bonchev–Trinajstić information content (AvgIpc) is 3.39. The monoisotopic (exact) mass is 1060 g/mol. The van der Waals surface area contributed by atoms with Gasteiger partial charge in [-0.05, 0) is 103 Å². The molecule has 0 aliphatic carbocycles. The molecule has 0 radical (unpaired) electrons. The average molecular weight is 1060 g/mol. The maximum absolute atomic E-state index is 13.1. The molecule has 75 heavy (non-hydrogen) atoms. The van der Waals surface area contributed by atoms with Gasteiger partial charge in [-0.15, -0.1) is 0 Å². The molecule has 1 aliphatic heterocycles. The topological polar surface area (TPSA) is 175 Å². The Kier molecular flexibility index (Phi) is 47.8. The summed E-state index contributed by atoms with van der Waals surface area (Å²) in [7, 11) is 0. The Hall–Kier alpha value is -3.32. The maximum atomic E-state index is 13.1. The van der Waals surface area contributed by atoms with Gasteiger partial charge in [0.2, 0.25) is 0 Å². The lowest BCUT2D eigenvalue weighted by molar-refractivity contribution is -0.301. The van der Waals surface area contributed by atoms with Crippen LogP contribution in [0.15, 0.2) is 48.6 Å². The van der Waals surface area contributed by atoms with Crippen LogP contribution >= 0.6 is 0 Å². The lowest BCUT2D eigenvalue weighted by atomic mass is 9.98. The molecule has 1 fully saturated rings. The van der Waals surface area contributed by atoms with E-state index < -0.39 is 67.3 Å². The smallest absolute Gasteiger partial charge is 0.335 e. The standard InChI is InChI=1S/C63H110O12/c1-4-7-10-13-16-19-22-25-27-28-30-32-34-37-40-43-46-49-55(64)71-52-54(73-56(65)50-47-44-41-38-35-31-24-21-18-15-12-9-6-3)53-72-63-61(59(68)58(67)60(75-63)62(69)70)74-57(66)51-48-45-42-39-36-33-29-26-23-20-17-14-11-8-5-2/h16,19,21,24-27,29,54,58-61,63,67-68H,4-15,17-18,20,22-23,28,30-53H2,1-3H3,(H,69,70)/b19-16-,24-21-,27-25-,29-26-. The minimum atomic E-state index is -1.91. The summed E-state index contributed by atoms with van der Waals surface area (Å²) in [5.74, 6) is -3.13. The van der Waals surface area contributed by atoms with E-state index in [-0.39, 0.29) is 25.9 Å². The van der Waals surface area contributed by atoms with Crippen molar-refractivity contribution in [1.29, 1.82) is 0 Å². The summed E-state index contributed by atoms with van der Waals surface area (Å²) in [6.45, 7) is 5.95. The lowest BCUT2D eigenvalue weighted by Gasteiger charge is -2.40. The fourth-order valence-corrected chi connectivity index (χ4v) is 9.09. The predicted octanol–water partition coefficient (Wildman–Crippen LogP) is 15.8. The van der Waals surface area contributed by atoms with Crippen LogP contribution in [0.25, 0.3) is 0 Å². The van der Waals surface area contributed by atoms with Gasteiger partial charge in [0.25, 0.3) is 0 Å². The highest BCUT2D eigenvalue weighted by Crippen LogP contribution is 2.26. The van der Waals surface area contributed by atoms with E-state index in [1.54, 1.807) is 0 Å². The summed E-state index contributed by atoms with van der Waals surface area (Å²) in [5, 5.41) is 31.5. The Labute approximate surface area is 456 Å². The summed E-state index contributed by atoms with van der Waals surface area (Å²) in [6, 6.07) is 0. The second-order valence-electron chi connectivity index (χ2n) is 21.0. The van der Waals surface area contributed by atoms with Crippen molar-refractivity contribution in [1.82, 2.24) is 0 Å². The van der Waals surface area contributed by atoms with Crippen LogP contribution in [0, 0.1) is 0 Å². The first kappa shape index (κ1) is 69.7. The second kappa shape index (κ2) is 51.4. The zero-order valence-corrected chi connectivity index (χ0v) is 47.8. The molecule has 3 N–H and O–H groups in total. The van der Waals surface area contributed by atoms with Crippen LogP contribution in [0.2, 0.25) is 0 Å². The molecule has 434 valence electrons. The maximum Gasteiger partial charge on any atom is 0.335 e. The molecule has 0 aromatic carbocycles. The summed E-state index contributed by atoms with van der Waals surface area (Å²) in [4.78, 5) is 51.1. The van der Waals surface area contributed by atoms with Gasteiger partial charge in [0, 0.05) is 19.3 Å². The molecule has 0 amide bonds. The molecule has 1 rings (SSSR count). The van der Waals surface area contributed by atoms with Gasteiger partial charge >= 0.3 is 23.9 Å². The van der Waals surface area contributed by atoms with E-state index >= 15 is 0 Å². The fraction of sp³-hybridized carbons (Fsp3) is 0.810. The first-order chi connectivity index (χ1) is 36.6. The van der Waals surface area contributed by atoms with Crippen molar-refractivity contribution in [2.45, 2.75) is 314 Å². The zero-order valence-electron chi connectivity index (χ0n) is 47.8. The third-order valence-corrected chi connectivity index (χ3v) is 13.8. The summed E-state index contributed by atoms with van der Waals surface area (Å²) < 4.78 is 28.4. The van der Waals surface area contributed by atoms with Gasteiger partial charge in [0.1, 0.15) is 18.8 Å². The molecule has 1 heterocycles. The second-order valence-corrected chi connectivity index (χ2v) is 21.0. The van der Waals surface area contributed by atoms with E-state index in [1.807, 2.05) is 0 Å². The summed E-state index contributed by atoms with van der Waals surface area (Å²) in [5.41, 5.74) is 0. The third kappa shape index (κ3) is 41.5. The van der Waals surface area contributed by atoms with Gasteiger partial charge in [0.05, 0.1) is 6.61 Å². The highest BCUT2D eigenvalue weighted by atomic mass is 16.7. The Morgan fingerprint density at radius 1 is 0.440 bits per heavy atom. The SMILES string of the molecule is CCCCC/C=C\C/C=C\CCCCCCCCCC(=O)OCC(COC1OC(C(=O)O)C(O)C(O)C1OC(=O)CCCCCCC/C=C\CCCCCCCC)OC(=O)CCCCCCC/C=C\CCCCCC. The molecule has 0 saturated carbocycles. The fourth-order valence-electron chi connectivity index (χ4n) is 9.09. The normalized spacial score (nSPS) is 18.4. The number of carbonyl (C=O) groups is 4. The molecule has 0 aromatic heterocycles. The number of rotatable bonds is 52. The number of ether oxygens (including phenoxy) is 5.